The summed E-state index contributed by atoms with van der Waals surface area (Å²) in [5, 5.41) is 4.76. The van der Waals surface area contributed by atoms with E-state index in [0.717, 1.165) is 29.0 Å². The predicted molar refractivity (Wildman–Crippen MR) is 79.7 cm³/mol. The van der Waals surface area contributed by atoms with Crippen molar-refractivity contribution in [2.75, 3.05) is 11.9 Å². The van der Waals surface area contributed by atoms with Gasteiger partial charge in [-0.2, -0.15) is 0 Å². The van der Waals surface area contributed by atoms with Gasteiger partial charge in [-0.05, 0) is 29.5 Å². The lowest BCUT2D eigenvalue weighted by atomic mass is 9.97. The van der Waals surface area contributed by atoms with Crippen molar-refractivity contribution in [3.63, 3.8) is 0 Å². The van der Waals surface area contributed by atoms with E-state index in [9.17, 15) is 0 Å². The highest BCUT2D eigenvalue weighted by Crippen LogP contribution is 2.30. The van der Waals surface area contributed by atoms with Gasteiger partial charge in [-0.1, -0.05) is 27.7 Å². The average Bonchev–Trinajstić information content (AvgIpc) is 2.67. The Labute approximate surface area is 117 Å². The Morgan fingerprint density at radius 2 is 2.06 bits per heavy atom. The first-order valence-electron chi connectivity index (χ1n) is 6.09. The van der Waals surface area contributed by atoms with Crippen molar-refractivity contribution in [2.45, 2.75) is 34.1 Å². The number of halogens is 1. The zero-order chi connectivity index (χ0) is 13.3. The van der Waals surface area contributed by atoms with Crippen molar-refractivity contribution in [1.82, 2.24) is 9.97 Å². The standard InChI is InChI=1S/C13H18ClN3S/c1-5-8-6-9-10(15-7-13(2,3)4)16-12(14)17-11(9)18-8/h6H,5,7H2,1-4H3,(H,15,16,17). The SMILES string of the molecule is CCc1cc2c(NCC(C)(C)C)nc(Cl)nc2s1. The van der Waals surface area contributed by atoms with Crippen molar-refractivity contribution in [3.8, 4) is 0 Å². The van der Waals surface area contributed by atoms with Crippen LogP contribution in [0, 0.1) is 5.41 Å². The smallest absolute Gasteiger partial charge is 0.225 e. The summed E-state index contributed by atoms with van der Waals surface area (Å²) in [7, 11) is 0. The Hall–Kier alpha value is -0.870. The highest BCUT2D eigenvalue weighted by atomic mass is 35.5. The molecule has 3 nitrogen and oxygen atoms in total. The lowest BCUT2D eigenvalue weighted by molar-refractivity contribution is 0.442. The molecule has 98 valence electrons. The van der Waals surface area contributed by atoms with Crippen LogP contribution in [0.4, 0.5) is 5.82 Å². The van der Waals surface area contributed by atoms with Gasteiger partial charge in [0, 0.05) is 11.4 Å². The van der Waals surface area contributed by atoms with Gasteiger partial charge in [-0.15, -0.1) is 11.3 Å². The second-order valence-electron chi connectivity index (χ2n) is 5.54. The summed E-state index contributed by atoms with van der Waals surface area (Å²) in [5.41, 5.74) is 0.202. The van der Waals surface area contributed by atoms with Crippen LogP contribution in [0.25, 0.3) is 10.2 Å². The summed E-state index contributed by atoms with van der Waals surface area (Å²) in [6.45, 7) is 9.55. The summed E-state index contributed by atoms with van der Waals surface area (Å²) in [6, 6.07) is 2.15. The molecule has 2 aromatic heterocycles. The third kappa shape index (κ3) is 3.12. The third-order valence-electron chi connectivity index (χ3n) is 2.55. The zero-order valence-electron chi connectivity index (χ0n) is 11.2. The number of hydrogen-bond acceptors (Lipinski definition) is 4. The summed E-state index contributed by atoms with van der Waals surface area (Å²) in [4.78, 5) is 10.9. The fraction of sp³-hybridized carbons (Fsp3) is 0.538. The van der Waals surface area contributed by atoms with Gasteiger partial charge in [-0.3, -0.25) is 0 Å². The number of hydrogen-bond donors (Lipinski definition) is 1. The number of rotatable bonds is 3. The van der Waals surface area contributed by atoms with Gasteiger partial charge in [0.1, 0.15) is 10.6 Å². The van der Waals surface area contributed by atoms with Crippen LogP contribution >= 0.6 is 22.9 Å². The predicted octanol–water partition coefficient (Wildman–Crippen LogP) is 4.37. The first-order valence-corrected chi connectivity index (χ1v) is 7.28. The molecule has 2 rings (SSSR count). The second kappa shape index (κ2) is 5.02. The van der Waals surface area contributed by atoms with Crippen LogP contribution in [-0.2, 0) is 6.42 Å². The van der Waals surface area contributed by atoms with Gasteiger partial charge >= 0.3 is 0 Å². The highest BCUT2D eigenvalue weighted by molar-refractivity contribution is 7.18. The molecule has 0 aliphatic heterocycles. The van der Waals surface area contributed by atoms with Crippen molar-refractivity contribution >= 4 is 39.0 Å². The Balaban J connectivity index is 2.39. The van der Waals surface area contributed by atoms with E-state index in [-0.39, 0.29) is 5.41 Å². The van der Waals surface area contributed by atoms with E-state index in [1.807, 2.05) is 0 Å². The lowest BCUT2D eigenvalue weighted by Gasteiger charge is -2.19. The van der Waals surface area contributed by atoms with Crippen LogP contribution in [0.3, 0.4) is 0 Å². The highest BCUT2D eigenvalue weighted by Gasteiger charge is 2.14. The van der Waals surface area contributed by atoms with Crippen LogP contribution in [-0.4, -0.2) is 16.5 Å². The van der Waals surface area contributed by atoms with Crippen molar-refractivity contribution in [1.29, 1.82) is 0 Å². The fourth-order valence-electron chi connectivity index (χ4n) is 1.60. The molecule has 0 saturated carbocycles. The van der Waals surface area contributed by atoms with Crippen LogP contribution in [0.5, 0.6) is 0 Å². The van der Waals surface area contributed by atoms with E-state index in [1.165, 1.54) is 4.88 Å². The molecule has 0 saturated heterocycles. The Kier molecular flexibility index (Phi) is 3.78. The van der Waals surface area contributed by atoms with E-state index in [0.29, 0.717) is 5.28 Å². The van der Waals surface area contributed by atoms with Crippen LogP contribution in [0.1, 0.15) is 32.6 Å². The Bertz CT molecular complexity index is 557. The van der Waals surface area contributed by atoms with Crippen molar-refractivity contribution in [2.24, 2.45) is 5.41 Å². The van der Waals surface area contributed by atoms with E-state index < -0.39 is 0 Å². The van der Waals surface area contributed by atoms with Gasteiger partial charge in [0.2, 0.25) is 5.28 Å². The molecule has 0 aliphatic carbocycles. The van der Waals surface area contributed by atoms with Gasteiger partial charge in [0.25, 0.3) is 0 Å². The molecule has 0 atom stereocenters. The van der Waals surface area contributed by atoms with E-state index in [2.05, 4.69) is 49.0 Å². The molecule has 0 aromatic carbocycles. The minimum atomic E-state index is 0.202. The maximum Gasteiger partial charge on any atom is 0.225 e. The van der Waals surface area contributed by atoms with Gasteiger partial charge in [0.15, 0.2) is 0 Å². The van der Waals surface area contributed by atoms with Gasteiger partial charge < -0.3 is 5.32 Å². The maximum atomic E-state index is 5.97. The van der Waals surface area contributed by atoms with Crippen LogP contribution in [0.15, 0.2) is 6.07 Å². The third-order valence-corrected chi connectivity index (χ3v) is 3.89. The zero-order valence-corrected chi connectivity index (χ0v) is 12.7. The summed E-state index contributed by atoms with van der Waals surface area (Å²) >= 11 is 7.65. The van der Waals surface area contributed by atoms with Crippen molar-refractivity contribution in [3.05, 3.63) is 16.2 Å². The molecule has 0 radical (unpaired) electrons. The van der Waals surface area contributed by atoms with Crippen molar-refractivity contribution < 1.29 is 0 Å². The Morgan fingerprint density at radius 1 is 1.33 bits per heavy atom. The minimum Gasteiger partial charge on any atom is -0.369 e. The molecule has 0 spiro atoms. The molecule has 0 aliphatic rings. The number of anilines is 1. The number of nitrogens with zero attached hydrogens (tertiary/aromatic N) is 2. The quantitative estimate of drug-likeness (QED) is 0.850. The van der Waals surface area contributed by atoms with Gasteiger partial charge in [-0.25, -0.2) is 9.97 Å². The number of aryl methyl sites for hydroxylation is 1. The second-order valence-corrected chi connectivity index (χ2v) is 6.99. The molecule has 2 heterocycles. The molecule has 0 fully saturated rings. The number of nitrogens with one attached hydrogen (secondary N) is 1. The summed E-state index contributed by atoms with van der Waals surface area (Å²) in [6.07, 6.45) is 1.01. The molecular weight excluding hydrogens is 266 g/mol. The fourth-order valence-corrected chi connectivity index (χ4v) is 2.79. The summed E-state index contributed by atoms with van der Waals surface area (Å²) < 4.78 is 0. The molecular formula is C13H18ClN3S. The maximum absolute atomic E-state index is 5.97. The molecule has 0 amide bonds. The number of thiophene rings is 1. The first-order chi connectivity index (χ1) is 8.39. The Morgan fingerprint density at radius 3 is 2.67 bits per heavy atom. The normalized spacial score (nSPS) is 12.1. The summed E-state index contributed by atoms with van der Waals surface area (Å²) in [5.74, 6) is 0.843. The molecule has 1 N–H and O–H groups in total. The first kappa shape index (κ1) is 13.6. The molecule has 2 aromatic rings. The van der Waals surface area contributed by atoms with Crippen LogP contribution in [0.2, 0.25) is 5.28 Å². The molecule has 18 heavy (non-hydrogen) atoms. The average molecular weight is 284 g/mol. The molecule has 0 unspecified atom stereocenters. The lowest BCUT2D eigenvalue weighted by Crippen LogP contribution is -2.19. The van der Waals surface area contributed by atoms with E-state index >= 15 is 0 Å². The minimum absolute atomic E-state index is 0.202. The molecule has 5 heteroatoms. The van der Waals surface area contributed by atoms with Crippen LogP contribution < -0.4 is 5.32 Å². The molecule has 0 bridgehead atoms. The van der Waals surface area contributed by atoms with E-state index in [1.54, 1.807) is 11.3 Å². The number of aromatic nitrogens is 2. The topological polar surface area (TPSA) is 37.8 Å². The van der Waals surface area contributed by atoms with E-state index in [4.69, 9.17) is 11.6 Å². The largest absolute Gasteiger partial charge is 0.369 e. The monoisotopic (exact) mass is 283 g/mol. The number of fused-ring (bicyclic) bond motifs is 1. The van der Waals surface area contributed by atoms with Gasteiger partial charge in [0.05, 0.1) is 5.39 Å².